The van der Waals surface area contributed by atoms with E-state index in [1.807, 2.05) is 48.4 Å². The van der Waals surface area contributed by atoms with Crippen LogP contribution in [-0.4, -0.2) is 36.4 Å². The van der Waals surface area contributed by atoms with E-state index in [2.05, 4.69) is 16.9 Å². The van der Waals surface area contributed by atoms with Crippen molar-refractivity contribution in [1.29, 1.82) is 0 Å². The molecule has 0 saturated carbocycles. The molecule has 3 N–H and O–H groups in total. The number of methoxy groups -OCH3 is 1. The number of benzene rings is 1. The maximum Gasteiger partial charge on any atom is 0.143 e. The largest absolute Gasteiger partial charge is 0.495 e. The standard InChI is InChI=1S/C18H25N3OS/c1-3-9-23-10-5-7-20-13-15-11-14(16-6-4-8-21-16)12-17(22-2)18(15)19/h4,6,8,11-13,21H,3,5,7,9-10,19H2,1-2H3. The first kappa shape index (κ1) is 17.5. The molecule has 0 amide bonds. The van der Waals surface area contributed by atoms with E-state index in [9.17, 15) is 0 Å². The van der Waals surface area contributed by atoms with Crippen molar-refractivity contribution < 1.29 is 4.74 Å². The Hall–Kier alpha value is -1.88. The Bertz CT molecular complexity index is 623. The van der Waals surface area contributed by atoms with Crippen LogP contribution >= 0.6 is 11.8 Å². The molecule has 0 fully saturated rings. The SMILES string of the molecule is CCCSCCCN=Cc1cc(-c2ccc[nH]2)cc(OC)c1N. The third-order valence-electron chi connectivity index (χ3n) is 3.46. The van der Waals surface area contributed by atoms with Crippen molar-refractivity contribution in [3.63, 3.8) is 0 Å². The van der Waals surface area contributed by atoms with E-state index < -0.39 is 0 Å². The smallest absolute Gasteiger partial charge is 0.143 e. The zero-order valence-corrected chi connectivity index (χ0v) is 14.7. The predicted octanol–water partition coefficient (Wildman–Crippen LogP) is 4.22. The number of nitrogen functional groups attached to an aromatic ring is 1. The molecule has 0 saturated heterocycles. The van der Waals surface area contributed by atoms with Crippen LogP contribution in [0.2, 0.25) is 0 Å². The molecule has 2 rings (SSSR count). The van der Waals surface area contributed by atoms with Crippen LogP contribution in [0.4, 0.5) is 5.69 Å². The number of aromatic amines is 1. The van der Waals surface area contributed by atoms with Gasteiger partial charge in [-0.3, -0.25) is 4.99 Å². The molecule has 124 valence electrons. The van der Waals surface area contributed by atoms with E-state index >= 15 is 0 Å². The van der Waals surface area contributed by atoms with Crippen LogP contribution in [0.15, 0.2) is 35.5 Å². The van der Waals surface area contributed by atoms with Crippen molar-refractivity contribution in [2.75, 3.05) is 30.9 Å². The fourth-order valence-corrected chi connectivity index (χ4v) is 3.08. The molecule has 0 atom stereocenters. The fourth-order valence-electron chi connectivity index (χ4n) is 2.26. The van der Waals surface area contributed by atoms with E-state index in [0.29, 0.717) is 11.4 Å². The highest BCUT2D eigenvalue weighted by Gasteiger charge is 2.09. The molecule has 23 heavy (non-hydrogen) atoms. The van der Waals surface area contributed by atoms with Gasteiger partial charge < -0.3 is 15.5 Å². The molecule has 0 unspecified atom stereocenters. The number of rotatable bonds is 9. The van der Waals surface area contributed by atoms with Gasteiger partial charge in [-0.15, -0.1) is 0 Å². The van der Waals surface area contributed by atoms with Gasteiger partial charge in [-0.2, -0.15) is 11.8 Å². The quantitative estimate of drug-likeness (QED) is 0.411. The average Bonchev–Trinajstić information content (AvgIpc) is 3.10. The number of nitrogens with zero attached hydrogens (tertiary/aromatic N) is 1. The van der Waals surface area contributed by atoms with Crippen LogP contribution < -0.4 is 10.5 Å². The molecule has 0 radical (unpaired) electrons. The summed E-state index contributed by atoms with van der Waals surface area (Å²) in [5.41, 5.74) is 9.77. The Morgan fingerprint density at radius 3 is 2.91 bits per heavy atom. The van der Waals surface area contributed by atoms with Crippen molar-refractivity contribution in [3.05, 3.63) is 36.0 Å². The summed E-state index contributed by atoms with van der Waals surface area (Å²) < 4.78 is 5.39. The van der Waals surface area contributed by atoms with Crippen LogP contribution in [0, 0.1) is 0 Å². The molecule has 1 aromatic heterocycles. The molecule has 1 heterocycles. The van der Waals surface area contributed by atoms with Crippen LogP contribution in [-0.2, 0) is 0 Å². The molecule has 0 bridgehead atoms. The van der Waals surface area contributed by atoms with Crippen molar-refractivity contribution in [2.45, 2.75) is 19.8 Å². The summed E-state index contributed by atoms with van der Waals surface area (Å²) in [6.45, 7) is 3.03. The number of ether oxygens (including phenoxy) is 1. The molecule has 0 aliphatic heterocycles. The van der Waals surface area contributed by atoms with Crippen molar-refractivity contribution in [3.8, 4) is 17.0 Å². The predicted molar refractivity (Wildman–Crippen MR) is 102 cm³/mol. The Morgan fingerprint density at radius 2 is 2.22 bits per heavy atom. The zero-order valence-electron chi connectivity index (χ0n) is 13.8. The molecule has 0 aliphatic rings. The molecule has 0 spiro atoms. The second-order valence-corrected chi connectivity index (χ2v) is 6.49. The first-order valence-electron chi connectivity index (χ1n) is 7.95. The molecule has 5 heteroatoms. The summed E-state index contributed by atoms with van der Waals surface area (Å²) in [6.07, 6.45) is 6.08. The van der Waals surface area contributed by atoms with Crippen LogP contribution in [0.5, 0.6) is 5.75 Å². The highest BCUT2D eigenvalue weighted by molar-refractivity contribution is 7.99. The number of H-pyrrole nitrogens is 1. The van der Waals surface area contributed by atoms with Gasteiger partial charge in [0.2, 0.25) is 0 Å². The van der Waals surface area contributed by atoms with Crippen molar-refractivity contribution in [2.24, 2.45) is 4.99 Å². The monoisotopic (exact) mass is 331 g/mol. The van der Waals surface area contributed by atoms with Gasteiger partial charge in [0.1, 0.15) is 5.75 Å². The van der Waals surface area contributed by atoms with E-state index in [0.717, 1.165) is 35.5 Å². The Kier molecular flexibility index (Phi) is 7.07. The van der Waals surface area contributed by atoms with Crippen LogP contribution in [0.25, 0.3) is 11.3 Å². The summed E-state index contributed by atoms with van der Waals surface area (Å²) >= 11 is 1.99. The topological polar surface area (TPSA) is 63.4 Å². The van der Waals surface area contributed by atoms with Gasteiger partial charge in [0.05, 0.1) is 12.8 Å². The Balaban J connectivity index is 2.06. The lowest BCUT2D eigenvalue weighted by molar-refractivity contribution is 0.417. The van der Waals surface area contributed by atoms with Gasteiger partial charge in [-0.25, -0.2) is 0 Å². The van der Waals surface area contributed by atoms with Gasteiger partial charge in [-0.1, -0.05) is 6.92 Å². The summed E-state index contributed by atoms with van der Waals surface area (Å²) in [7, 11) is 1.63. The summed E-state index contributed by atoms with van der Waals surface area (Å²) in [6, 6.07) is 7.98. The van der Waals surface area contributed by atoms with Gasteiger partial charge in [0.15, 0.2) is 0 Å². The first-order valence-corrected chi connectivity index (χ1v) is 9.10. The van der Waals surface area contributed by atoms with Crippen LogP contribution in [0.1, 0.15) is 25.3 Å². The van der Waals surface area contributed by atoms with Gasteiger partial charge in [0.25, 0.3) is 0 Å². The Morgan fingerprint density at radius 1 is 1.35 bits per heavy atom. The van der Waals surface area contributed by atoms with Gasteiger partial charge in [-0.05, 0) is 48.6 Å². The lowest BCUT2D eigenvalue weighted by Gasteiger charge is -2.10. The molecular weight excluding hydrogens is 306 g/mol. The van der Waals surface area contributed by atoms with E-state index in [1.54, 1.807) is 7.11 Å². The zero-order chi connectivity index (χ0) is 16.5. The second-order valence-electron chi connectivity index (χ2n) is 5.27. The van der Waals surface area contributed by atoms with E-state index in [-0.39, 0.29) is 0 Å². The highest BCUT2D eigenvalue weighted by Crippen LogP contribution is 2.31. The van der Waals surface area contributed by atoms with Crippen molar-refractivity contribution >= 4 is 23.7 Å². The molecule has 4 nitrogen and oxygen atoms in total. The summed E-state index contributed by atoms with van der Waals surface area (Å²) in [5.74, 6) is 3.07. The number of nitrogens with one attached hydrogen (secondary N) is 1. The Labute approximate surface area is 142 Å². The maximum atomic E-state index is 6.17. The summed E-state index contributed by atoms with van der Waals surface area (Å²) in [5, 5.41) is 0. The summed E-state index contributed by atoms with van der Waals surface area (Å²) in [4.78, 5) is 7.72. The van der Waals surface area contributed by atoms with Crippen molar-refractivity contribution in [1.82, 2.24) is 4.98 Å². The van der Waals surface area contributed by atoms with Gasteiger partial charge in [0, 0.05) is 35.8 Å². The third-order valence-corrected chi connectivity index (χ3v) is 4.73. The molecule has 0 aliphatic carbocycles. The number of nitrogens with two attached hydrogens (primary N) is 1. The number of hydrogen-bond donors (Lipinski definition) is 2. The highest BCUT2D eigenvalue weighted by atomic mass is 32.2. The number of anilines is 1. The number of thioether (sulfide) groups is 1. The molecule has 1 aromatic carbocycles. The third kappa shape index (κ3) is 5.06. The van der Waals surface area contributed by atoms with E-state index in [4.69, 9.17) is 10.5 Å². The number of hydrogen-bond acceptors (Lipinski definition) is 4. The van der Waals surface area contributed by atoms with Gasteiger partial charge >= 0.3 is 0 Å². The fraction of sp³-hybridized carbons (Fsp3) is 0.389. The minimum atomic E-state index is 0.631. The first-order chi connectivity index (χ1) is 11.3. The molecule has 2 aromatic rings. The minimum absolute atomic E-state index is 0.631. The molecular formula is C18H25N3OS. The normalized spacial score (nSPS) is 11.2. The van der Waals surface area contributed by atoms with E-state index in [1.165, 1.54) is 12.2 Å². The van der Waals surface area contributed by atoms with Crippen LogP contribution in [0.3, 0.4) is 0 Å². The average molecular weight is 331 g/mol. The lowest BCUT2D eigenvalue weighted by Crippen LogP contribution is -1.99. The minimum Gasteiger partial charge on any atom is -0.495 e. The number of aliphatic imine (C=N–C) groups is 1. The number of aromatic nitrogens is 1. The lowest BCUT2D eigenvalue weighted by atomic mass is 10.1. The second kappa shape index (κ2) is 9.30. The maximum absolute atomic E-state index is 6.17.